The van der Waals surface area contributed by atoms with E-state index in [1.165, 1.54) is 17.5 Å². The summed E-state index contributed by atoms with van der Waals surface area (Å²) in [7, 11) is 0. The molecule has 0 saturated carbocycles. The van der Waals surface area contributed by atoms with Gasteiger partial charge in [-0.1, -0.05) is 6.07 Å². The minimum atomic E-state index is 0.415. The summed E-state index contributed by atoms with van der Waals surface area (Å²) in [6.45, 7) is 0. The number of nitrogens with two attached hydrogens (primary N) is 1. The van der Waals surface area contributed by atoms with E-state index in [0.29, 0.717) is 28.6 Å². The molecule has 0 atom stereocenters. The van der Waals surface area contributed by atoms with E-state index in [1.807, 2.05) is 42.7 Å². The summed E-state index contributed by atoms with van der Waals surface area (Å²) >= 11 is 0. The monoisotopic (exact) mass is 459 g/mol. The van der Waals surface area contributed by atoms with Crippen LogP contribution >= 0.6 is 0 Å². The van der Waals surface area contributed by atoms with Gasteiger partial charge in [0, 0.05) is 42.7 Å². The Labute approximate surface area is 200 Å². The van der Waals surface area contributed by atoms with Crippen molar-refractivity contribution in [2.75, 3.05) is 5.73 Å². The number of imidazole rings is 1. The highest BCUT2D eigenvalue weighted by Gasteiger charge is 2.23. The van der Waals surface area contributed by atoms with Crippen molar-refractivity contribution in [3.63, 3.8) is 0 Å². The Hall–Kier alpha value is -4.79. The normalized spacial score (nSPS) is 12.9. The number of nitrogens with zero attached hydrogens (tertiary/aromatic N) is 8. The molecule has 1 aliphatic rings. The average Bonchev–Trinajstić information content (AvgIpc) is 3.68. The number of anilines is 1. The third kappa shape index (κ3) is 3.12. The van der Waals surface area contributed by atoms with Gasteiger partial charge < -0.3 is 5.73 Å². The van der Waals surface area contributed by atoms with Crippen LogP contribution in [0.1, 0.15) is 17.5 Å². The fourth-order valence-electron chi connectivity index (χ4n) is 4.86. The van der Waals surface area contributed by atoms with Crippen molar-refractivity contribution in [3.8, 4) is 28.6 Å². The van der Waals surface area contributed by atoms with Crippen molar-refractivity contribution < 1.29 is 0 Å². The van der Waals surface area contributed by atoms with E-state index in [2.05, 4.69) is 37.9 Å². The molecule has 7 rings (SSSR count). The zero-order chi connectivity index (χ0) is 23.4. The lowest BCUT2D eigenvalue weighted by atomic mass is 10.1. The van der Waals surface area contributed by atoms with Crippen LogP contribution in [0.4, 0.5) is 5.82 Å². The van der Waals surface area contributed by atoms with Gasteiger partial charge in [-0.3, -0.25) is 4.57 Å². The Kier molecular flexibility index (Phi) is 4.28. The summed E-state index contributed by atoms with van der Waals surface area (Å²) in [5.74, 6) is 1.77. The number of benzene rings is 1. The smallest absolute Gasteiger partial charge is 0.169 e. The molecule has 2 N–H and O–H groups in total. The molecule has 0 fully saturated rings. The molecule has 0 amide bonds. The average molecular weight is 460 g/mol. The Bertz CT molecular complexity index is 1680. The van der Waals surface area contributed by atoms with E-state index in [4.69, 9.17) is 15.7 Å². The van der Waals surface area contributed by atoms with Crippen LogP contribution < -0.4 is 5.73 Å². The fourth-order valence-corrected chi connectivity index (χ4v) is 4.86. The van der Waals surface area contributed by atoms with Crippen LogP contribution in [0.3, 0.4) is 0 Å². The molecule has 1 aromatic carbocycles. The molecule has 35 heavy (non-hydrogen) atoms. The van der Waals surface area contributed by atoms with Gasteiger partial charge in [0.1, 0.15) is 11.3 Å². The molecule has 9 nitrogen and oxygen atoms in total. The second-order valence-corrected chi connectivity index (χ2v) is 8.59. The summed E-state index contributed by atoms with van der Waals surface area (Å²) in [6, 6.07) is 16.1. The highest BCUT2D eigenvalue weighted by atomic mass is 15.3. The minimum Gasteiger partial charge on any atom is -0.383 e. The fraction of sp³-hybridized carbons (Fsp3) is 0.115. The molecule has 9 heteroatoms. The number of hydrogen-bond donors (Lipinski definition) is 1. The quantitative estimate of drug-likeness (QED) is 0.428. The molecule has 0 bridgehead atoms. The van der Waals surface area contributed by atoms with Crippen molar-refractivity contribution in [3.05, 3.63) is 90.6 Å². The van der Waals surface area contributed by atoms with Crippen molar-refractivity contribution in [1.29, 1.82) is 0 Å². The van der Waals surface area contributed by atoms with Crippen LogP contribution in [0, 0.1) is 0 Å². The van der Waals surface area contributed by atoms with Crippen LogP contribution in [0.2, 0.25) is 0 Å². The Balaban J connectivity index is 1.60. The zero-order valence-electron chi connectivity index (χ0n) is 18.8. The van der Waals surface area contributed by atoms with Crippen molar-refractivity contribution in [2.45, 2.75) is 19.3 Å². The van der Waals surface area contributed by atoms with Gasteiger partial charge in [-0.25, -0.2) is 24.3 Å². The summed E-state index contributed by atoms with van der Waals surface area (Å²) in [4.78, 5) is 14.4. The predicted octanol–water partition coefficient (Wildman–Crippen LogP) is 3.92. The number of fused-ring (bicyclic) bond motifs is 2. The van der Waals surface area contributed by atoms with Gasteiger partial charge in [-0.05, 0) is 66.8 Å². The number of hydrogen-bond acceptors (Lipinski definition) is 6. The second-order valence-electron chi connectivity index (χ2n) is 8.59. The summed E-state index contributed by atoms with van der Waals surface area (Å²) in [5, 5.41) is 8.89. The molecular formula is C26H21N9. The van der Waals surface area contributed by atoms with Crippen molar-refractivity contribution >= 4 is 17.0 Å². The number of rotatable bonds is 4. The third-order valence-corrected chi connectivity index (χ3v) is 6.49. The maximum Gasteiger partial charge on any atom is 0.169 e. The number of aryl methyl sites for hydroxylation is 2. The van der Waals surface area contributed by atoms with Crippen molar-refractivity contribution in [1.82, 2.24) is 39.1 Å². The highest BCUT2D eigenvalue weighted by Crippen LogP contribution is 2.34. The summed E-state index contributed by atoms with van der Waals surface area (Å²) in [6.07, 6.45) is 12.3. The molecule has 1 aliphatic carbocycles. The van der Waals surface area contributed by atoms with Gasteiger partial charge >= 0.3 is 0 Å². The van der Waals surface area contributed by atoms with Crippen LogP contribution in [0.15, 0.2) is 79.5 Å². The first-order chi connectivity index (χ1) is 17.3. The summed E-state index contributed by atoms with van der Waals surface area (Å²) < 4.78 is 5.61. The van der Waals surface area contributed by atoms with Gasteiger partial charge in [0.05, 0.1) is 11.3 Å². The zero-order valence-corrected chi connectivity index (χ0v) is 18.8. The minimum absolute atomic E-state index is 0.415. The lowest BCUT2D eigenvalue weighted by Gasteiger charge is -2.13. The van der Waals surface area contributed by atoms with Gasteiger partial charge in [0.25, 0.3) is 0 Å². The molecule has 0 spiro atoms. The number of nitrogen functional groups attached to an aromatic ring is 1. The first-order valence-electron chi connectivity index (χ1n) is 11.5. The largest absolute Gasteiger partial charge is 0.383 e. The lowest BCUT2D eigenvalue weighted by Crippen LogP contribution is -2.06. The van der Waals surface area contributed by atoms with Gasteiger partial charge in [-0.15, -0.1) is 0 Å². The molecule has 5 aromatic heterocycles. The van der Waals surface area contributed by atoms with E-state index >= 15 is 0 Å². The van der Waals surface area contributed by atoms with Gasteiger partial charge in [-0.2, -0.15) is 10.2 Å². The Morgan fingerprint density at radius 2 is 1.63 bits per heavy atom. The second kappa shape index (κ2) is 7.63. The molecule has 5 heterocycles. The maximum absolute atomic E-state index is 6.33. The molecule has 0 unspecified atom stereocenters. The van der Waals surface area contributed by atoms with Crippen LogP contribution in [-0.4, -0.2) is 39.1 Å². The molecule has 0 radical (unpaired) electrons. The van der Waals surface area contributed by atoms with Crippen LogP contribution in [0.25, 0.3) is 39.7 Å². The molecule has 0 saturated heterocycles. The van der Waals surface area contributed by atoms with Crippen molar-refractivity contribution in [2.24, 2.45) is 0 Å². The van der Waals surface area contributed by atoms with E-state index in [-0.39, 0.29) is 0 Å². The van der Waals surface area contributed by atoms with E-state index in [9.17, 15) is 0 Å². The number of aromatic nitrogens is 8. The highest BCUT2D eigenvalue weighted by molar-refractivity contribution is 5.89. The van der Waals surface area contributed by atoms with Gasteiger partial charge in [0.2, 0.25) is 0 Å². The van der Waals surface area contributed by atoms with E-state index in [1.54, 1.807) is 28.0 Å². The third-order valence-electron chi connectivity index (χ3n) is 6.49. The first kappa shape index (κ1) is 19.7. The SMILES string of the molecule is Nc1ncccc1-c1nc2c(-n3cccn3)cc(-n3cccn3)nc2n1-c1ccc2c(c1)CCC2. The lowest BCUT2D eigenvalue weighted by molar-refractivity contribution is 0.835. The maximum atomic E-state index is 6.33. The van der Waals surface area contributed by atoms with Crippen LogP contribution in [0.5, 0.6) is 0 Å². The molecule has 170 valence electrons. The Morgan fingerprint density at radius 1 is 0.800 bits per heavy atom. The van der Waals surface area contributed by atoms with Gasteiger partial charge in [0.15, 0.2) is 17.3 Å². The predicted molar refractivity (Wildman–Crippen MR) is 133 cm³/mol. The number of pyridine rings is 2. The van der Waals surface area contributed by atoms with Crippen LogP contribution in [-0.2, 0) is 12.8 Å². The topological polar surface area (TPSA) is 105 Å². The molecular weight excluding hydrogens is 438 g/mol. The summed E-state index contributed by atoms with van der Waals surface area (Å²) in [5.41, 5.74) is 13.0. The van der Waals surface area contributed by atoms with E-state index < -0.39 is 0 Å². The molecule has 6 aromatic rings. The standard InChI is InChI=1S/C26H21N9/c27-24-20(7-2-10-28-24)25-32-23-21(33-13-3-11-29-33)16-22(34-14-4-12-30-34)31-26(23)35(25)19-9-8-17-5-1-6-18(17)15-19/h2-4,7-16H,1,5-6H2,(H2,27,28). The molecule has 0 aliphatic heterocycles. The first-order valence-corrected chi connectivity index (χ1v) is 11.5. The van der Waals surface area contributed by atoms with E-state index in [0.717, 1.165) is 29.8 Å². The Morgan fingerprint density at radius 3 is 2.43 bits per heavy atom.